The highest BCUT2D eigenvalue weighted by Gasteiger charge is 2.61. The third-order valence-corrected chi connectivity index (χ3v) is 10.6. The van der Waals surface area contributed by atoms with E-state index in [1.54, 1.807) is 10.9 Å². The number of aliphatic hydroxyl groups is 1. The zero-order valence-electron chi connectivity index (χ0n) is 21.3. The van der Waals surface area contributed by atoms with Crippen molar-refractivity contribution < 1.29 is 14.6 Å². The van der Waals surface area contributed by atoms with Gasteiger partial charge in [-0.05, 0) is 113 Å². The lowest BCUT2D eigenvalue weighted by Gasteiger charge is -2.61. The second-order valence-electron chi connectivity index (χ2n) is 13.0. The molecular weight excluding hydrogens is 412 g/mol. The molecule has 0 bridgehead atoms. The molecule has 0 amide bonds. The van der Waals surface area contributed by atoms with Crippen LogP contribution in [0.25, 0.3) is 0 Å². The molecule has 0 unspecified atom stereocenters. The summed E-state index contributed by atoms with van der Waals surface area (Å²) in [5.41, 5.74) is 0.0279. The van der Waals surface area contributed by atoms with Gasteiger partial charge in [-0.2, -0.15) is 5.10 Å². The summed E-state index contributed by atoms with van der Waals surface area (Å²) >= 11 is 0. The highest BCUT2D eigenvalue weighted by Crippen LogP contribution is 2.68. The van der Waals surface area contributed by atoms with Gasteiger partial charge < -0.3 is 9.84 Å². The summed E-state index contributed by atoms with van der Waals surface area (Å²) in [7, 11) is 0. The average molecular weight is 457 g/mol. The number of rotatable bonds is 5. The first-order valence-electron chi connectivity index (χ1n) is 13.5. The molecule has 184 valence electrons. The van der Waals surface area contributed by atoms with Crippen LogP contribution in [0.2, 0.25) is 0 Å². The third-order valence-electron chi connectivity index (χ3n) is 10.6. The van der Waals surface area contributed by atoms with E-state index in [0.29, 0.717) is 29.6 Å². The van der Waals surface area contributed by atoms with Gasteiger partial charge in [0.15, 0.2) is 11.5 Å². The minimum absolute atomic E-state index is 0.107. The van der Waals surface area contributed by atoms with Gasteiger partial charge in [0, 0.05) is 5.92 Å². The summed E-state index contributed by atoms with van der Waals surface area (Å²) in [4.78, 5) is 13.5. The van der Waals surface area contributed by atoms with Gasteiger partial charge in [0.25, 0.3) is 0 Å². The molecule has 1 N–H and O–H groups in total. The SMILES string of the molecule is CC(C)Oc1cnn(CC(=O)[C@H]2CC[C@H]3[C@@H]4CC[C@H]5C[C@](C)(O)CC[C@]5(C)[C@H]4CC[C@]23C)c1. The minimum Gasteiger partial charge on any atom is -0.488 e. The smallest absolute Gasteiger partial charge is 0.157 e. The van der Waals surface area contributed by atoms with E-state index >= 15 is 0 Å². The van der Waals surface area contributed by atoms with Gasteiger partial charge in [0.1, 0.15) is 0 Å². The van der Waals surface area contributed by atoms with Crippen molar-refractivity contribution in [1.29, 1.82) is 0 Å². The molecule has 5 nitrogen and oxygen atoms in total. The lowest BCUT2D eigenvalue weighted by Crippen LogP contribution is -2.55. The van der Waals surface area contributed by atoms with Gasteiger partial charge in [-0.1, -0.05) is 13.8 Å². The van der Waals surface area contributed by atoms with Crippen LogP contribution in [-0.2, 0) is 11.3 Å². The maximum Gasteiger partial charge on any atom is 0.157 e. The normalized spacial score (nSPS) is 44.8. The van der Waals surface area contributed by atoms with E-state index < -0.39 is 5.60 Å². The fraction of sp³-hybridized carbons (Fsp3) is 0.857. The maximum atomic E-state index is 13.5. The lowest BCUT2D eigenvalue weighted by molar-refractivity contribution is -0.151. The van der Waals surface area contributed by atoms with Crippen LogP contribution in [0.15, 0.2) is 12.4 Å². The Hall–Kier alpha value is -1.36. The lowest BCUT2D eigenvalue weighted by atomic mass is 9.44. The van der Waals surface area contributed by atoms with Crippen molar-refractivity contribution in [1.82, 2.24) is 9.78 Å². The predicted octanol–water partition coefficient (Wildman–Crippen LogP) is 5.65. The summed E-state index contributed by atoms with van der Waals surface area (Å²) in [6.07, 6.45) is 14.0. The summed E-state index contributed by atoms with van der Waals surface area (Å²) in [5.74, 6) is 4.09. The van der Waals surface area contributed by atoms with Gasteiger partial charge in [-0.15, -0.1) is 0 Å². The number of hydrogen-bond acceptors (Lipinski definition) is 4. The van der Waals surface area contributed by atoms with E-state index in [9.17, 15) is 9.90 Å². The number of carbonyl (C=O) groups is 1. The molecular formula is C28H44N2O3. The minimum atomic E-state index is -0.475. The van der Waals surface area contributed by atoms with E-state index in [1.165, 1.54) is 32.1 Å². The molecule has 0 aromatic carbocycles. The van der Waals surface area contributed by atoms with Crippen molar-refractivity contribution in [3.05, 3.63) is 12.4 Å². The van der Waals surface area contributed by atoms with E-state index in [2.05, 4.69) is 18.9 Å². The van der Waals surface area contributed by atoms with Crippen LogP contribution >= 0.6 is 0 Å². The Morgan fingerprint density at radius 1 is 1.09 bits per heavy atom. The average Bonchev–Trinajstić information content (AvgIpc) is 3.31. The highest BCUT2D eigenvalue weighted by molar-refractivity contribution is 5.82. The first-order chi connectivity index (χ1) is 15.5. The number of Topliss-reactive ketones (excluding diaryl/α,β-unsaturated/α-hetero) is 1. The van der Waals surface area contributed by atoms with Crippen LogP contribution in [0.1, 0.15) is 92.4 Å². The molecule has 4 aliphatic rings. The number of carbonyl (C=O) groups excluding carboxylic acids is 1. The van der Waals surface area contributed by atoms with E-state index in [4.69, 9.17) is 4.74 Å². The quantitative estimate of drug-likeness (QED) is 0.622. The van der Waals surface area contributed by atoms with Gasteiger partial charge in [-0.25, -0.2) is 0 Å². The topological polar surface area (TPSA) is 64.4 Å². The molecule has 5 heteroatoms. The first-order valence-corrected chi connectivity index (χ1v) is 13.5. The largest absolute Gasteiger partial charge is 0.488 e. The van der Waals surface area contributed by atoms with Crippen LogP contribution in [-0.4, -0.2) is 32.4 Å². The Morgan fingerprint density at radius 3 is 2.61 bits per heavy atom. The zero-order chi connectivity index (χ0) is 23.6. The monoisotopic (exact) mass is 456 g/mol. The third kappa shape index (κ3) is 3.96. The highest BCUT2D eigenvalue weighted by atomic mass is 16.5. The molecule has 4 saturated carbocycles. The maximum absolute atomic E-state index is 13.5. The van der Waals surface area contributed by atoms with Crippen molar-refractivity contribution in [2.75, 3.05) is 0 Å². The van der Waals surface area contributed by atoms with E-state index in [0.717, 1.165) is 43.3 Å². The van der Waals surface area contributed by atoms with Gasteiger partial charge in [0.2, 0.25) is 0 Å². The number of aromatic nitrogens is 2. The molecule has 0 aliphatic heterocycles. The summed E-state index contributed by atoms with van der Waals surface area (Å²) in [5, 5.41) is 15.1. The molecule has 0 spiro atoms. The second-order valence-corrected chi connectivity index (χ2v) is 13.0. The van der Waals surface area contributed by atoms with Gasteiger partial charge in [-0.3, -0.25) is 9.48 Å². The van der Waals surface area contributed by atoms with Crippen LogP contribution in [0, 0.1) is 40.4 Å². The summed E-state index contributed by atoms with van der Waals surface area (Å²) in [6, 6.07) is 0. The molecule has 1 aromatic rings. The zero-order valence-corrected chi connectivity index (χ0v) is 21.3. The fourth-order valence-corrected chi connectivity index (χ4v) is 8.99. The molecule has 0 radical (unpaired) electrons. The Bertz CT molecular complexity index is 891. The van der Waals surface area contributed by atoms with Crippen molar-refractivity contribution >= 4 is 5.78 Å². The Kier molecular flexibility index (Phi) is 5.74. The molecule has 33 heavy (non-hydrogen) atoms. The Balaban J connectivity index is 1.29. The molecule has 5 rings (SSSR count). The number of ketones is 1. The first kappa shape index (κ1) is 23.4. The van der Waals surface area contributed by atoms with Crippen LogP contribution in [0.3, 0.4) is 0 Å². The van der Waals surface area contributed by atoms with E-state index in [1.807, 2.05) is 27.0 Å². The van der Waals surface area contributed by atoms with Crippen LogP contribution < -0.4 is 4.74 Å². The van der Waals surface area contributed by atoms with Crippen LogP contribution in [0.4, 0.5) is 0 Å². The number of fused-ring (bicyclic) bond motifs is 5. The number of ether oxygens (including phenoxy) is 1. The van der Waals surface area contributed by atoms with Crippen molar-refractivity contribution in [2.24, 2.45) is 40.4 Å². The molecule has 4 fully saturated rings. The fourth-order valence-electron chi connectivity index (χ4n) is 8.99. The molecule has 8 atom stereocenters. The molecule has 1 aromatic heterocycles. The Labute approximate surface area is 199 Å². The predicted molar refractivity (Wildman–Crippen MR) is 129 cm³/mol. The number of hydrogen-bond donors (Lipinski definition) is 1. The van der Waals surface area contributed by atoms with Gasteiger partial charge in [0.05, 0.1) is 30.6 Å². The van der Waals surface area contributed by atoms with Gasteiger partial charge >= 0.3 is 0 Å². The number of nitrogens with zero attached hydrogens (tertiary/aromatic N) is 2. The van der Waals surface area contributed by atoms with Crippen molar-refractivity contribution in [3.8, 4) is 5.75 Å². The van der Waals surface area contributed by atoms with Crippen molar-refractivity contribution in [3.63, 3.8) is 0 Å². The van der Waals surface area contributed by atoms with Crippen molar-refractivity contribution in [2.45, 2.75) is 111 Å². The standard InChI is InChI=1S/C28H44N2O3/c1-18(2)33-20-15-29-30(16-20)17-25(31)24-9-8-22-21-7-6-19-14-26(3,32)12-13-27(19,4)23(21)10-11-28(22,24)5/h15-16,18-19,21-24,32H,6-14,17H2,1-5H3/t19-,21-,22-,23-,24+,26+,27-,28-/m0/s1. The summed E-state index contributed by atoms with van der Waals surface area (Å²) in [6.45, 7) is 11.4. The summed E-state index contributed by atoms with van der Waals surface area (Å²) < 4.78 is 7.49. The molecule has 0 saturated heterocycles. The molecule has 4 aliphatic carbocycles. The van der Waals surface area contributed by atoms with E-state index in [-0.39, 0.29) is 17.4 Å². The van der Waals surface area contributed by atoms with Crippen LogP contribution in [0.5, 0.6) is 5.75 Å². The second kappa shape index (κ2) is 8.10. The Morgan fingerprint density at radius 2 is 1.85 bits per heavy atom. The molecule has 1 heterocycles.